The van der Waals surface area contributed by atoms with Crippen molar-refractivity contribution in [2.45, 2.75) is 12.8 Å². The van der Waals surface area contributed by atoms with E-state index in [1.165, 1.54) is 5.56 Å². The molecule has 4 heteroatoms. The minimum Gasteiger partial charge on any atom is -0.341 e. The van der Waals surface area contributed by atoms with E-state index in [0.29, 0.717) is 5.88 Å². The van der Waals surface area contributed by atoms with Crippen LogP contribution in [0.25, 0.3) is 11.4 Å². The topological polar surface area (TPSA) is 28.7 Å². The second-order valence-electron chi connectivity index (χ2n) is 3.35. The molecule has 0 aliphatic rings. The van der Waals surface area contributed by atoms with Crippen LogP contribution in [0.15, 0.2) is 28.9 Å². The molecule has 0 spiro atoms. The number of alkyl halides is 1. The Bertz CT molecular complexity index is 479. The Balaban J connectivity index is 2.44. The number of aromatic amines is 1. The van der Waals surface area contributed by atoms with Crippen molar-refractivity contribution < 1.29 is 0 Å². The highest BCUT2D eigenvalue weighted by Crippen LogP contribution is 2.23. The van der Waals surface area contributed by atoms with Crippen LogP contribution >= 0.6 is 27.5 Å². The van der Waals surface area contributed by atoms with Crippen LogP contribution in [0.1, 0.15) is 11.3 Å². The minimum absolute atomic E-state index is 0.461. The summed E-state index contributed by atoms with van der Waals surface area (Å²) in [6.45, 7) is 2.06. The summed E-state index contributed by atoms with van der Waals surface area (Å²) in [4.78, 5) is 7.47. The average molecular weight is 286 g/mol. The first kappa shape index (κ1) is 10.7. The molecule has 2 nitrogen and oxygen atoms in total. The van der Waals surface area contributed by atoms with E-state index in [4.69, 9.17) is 11.6 Å². The van der Waals surface area contributed by atoms with Crippen molar-refractivity contribution >= 4 is 27.5 Å². The van der Waals surface area contributed by atoms with Gasteiger partial charge in [-0.1, -0.05) is 15.9 Å². The van der Waals surface area contributed by atoms with E-state index in [2.05, 4.69) is 38.9 Å². The first-order valence-electron chi connectivity index (χ1n) is 4.57. The van der Waals surface area contributed by atoms with Crippen LogP contribution in [0.3, 0.4) is 0 Å². The standard InChI is InChI=1S/C11H10BrClN2/c1-7-4-8(12)2-3-10(7)11-14-6-9(5-13)15-11/h2-4,6H,5H2,1H3,(H,14,15). The third kappa shape index (κ3) is 2.24. The summed E-state index contributed by atoms with van der Waals surface area (Å²) >= 11 is 9.15. The second kappa shape index (κ2) is 4.37. The summed E-state index contributed by atoms with van der Waals surface area (Å²) in [5.41, 5.74) is 3.23. The SMILES string of the molecule is Cc1cc(Br)ccc1-c1ncc(CCl)[nH]1. The highest BCUT2D eigenvalue weighted by Gasteiger charge is 2.06. The van der Waals surface area contributed by atoms with Crippen molar-refractivity contribution in [1.82, 2.24) is 9.97 Å². The quantitative estimate of drug-likeness (QED) is 0.833. The molecule has 0 saturated carbocycles. The van der Waals surface area contributed by atoms with Gasteiger partial charge < -0.3 is 4.98 Å². The summed E-state index contributed by atoms with van der Waals surface area (Å²) in [5.74, 6) is 1.33. The highest BCUT2D eigenvalue weighted by atomic mass is 79.9. The van der Waals surface area contributed by atoms with Crippen molar-refractivity contribution in [3.63, 3.8) is 0 Å². The number of halogens is 2. The summed E-state index contributed by atoms with van der Waals surface area (Å²) in [6, 6.07) is 6.11. The van der Waals surface area contributed by atoms with Gasteiger partial charge in [-0.3, -0.25) is 0 Å². The van der Waals surface area contributed by atoms with Gasteiger partial charge in [0.2, 0.25) is 0 Å². The Hall–Kier alpha value is -0.800. The molecule has 1 aromatic heterocycles. The maximum atomic E-state index is 5.71. The van der Waals surface area contributed by atoms with Crippen molar-refractivity contribution in [3.8, 4) is 11.4 Å². The molecular weight excluding hydrogens is 275 g/mol. The van der Waals surface area contributed by atoms with Gasteiger partial charge in [0.05, 0.1) is 5.88 Å². The molecule has 0 saturated heterocycles. The molecule has 0 amide bonds. The molecule has 0 unspecified atom stereocenters. The summed E-state index contributed by atoms with van der Waals surface area (Å²) in [7, 11) is 0. The van der Waals surface area contributed by atoms with E-state index in [0.717, 1.165) is 21.6 Å². The minimum atomic E-state index is 0.461. The number of H-pyrrole nitrogens is 1. The van der Waals surface area contributed by atoms with Crippen LogP contribution in [-0.4, -0.2) is 9.97 Å². The van der Waals surface area contributed by atoms with Gasteiger partial charge in [-0.05, 0) is 30.7 Å². The van der Waals surface area contributed by atoms with Crippen LogP contribution in [0.4, 0.5) is 0 Å². The van der Waals surface area contributed by atoms with Gasteiger partial charge in [0.15, 0.2) is 0 Å². The molecule has 2 aromatic rings. The van der Waals surface area contributed by atoms with E-state index < -0.39 is 0 Å². The molecule has 15 heavy (non-hydrogen) atoms. The third-order valence-electron chi connectivity index (χ3n) is 2.22. The smallest absolute Gasteiger partial charge is 0.137 e. The number of nitrogens with zero attached hydrogens (tertiary/aromatic N) is 1. The van der Waals surface area contributed by atoms with E-state index >= 15 is 0 Å². The fourth-order valence-corrected chi connectivity index (χ4v) is 2.07. The number of imidazole rings is 1. The van der Waals surface area contributed by atoms with Crippen molar-refractivity contribution in [2.24, 2.45) is 0 Å². The van der Waals surface area contributed by atoms with Crippen LogP contribution < -0.4 is 0 Å². The number of hydrogen-bond acceptors (Lipinski definition) is 1. The molecule has 0 aliphatic heterocycles. The number of rotatable bonds is 2. The van der Waals surface area contributed by atoms with E-state index in [1.807, 2.05) is 12.1 Å². The number of hydrogen-bond donors (Lipinski definition) is 1. The molecule has 0 atom stereocenters. The first-order valence-corrected chi connectivity index (χ1v) is 5.90. The van der Waals surface area contributed by atoms with E-state index in [9.17, 15) is 0 Å². The molecule has 78 valence electrons. The zero-order chi connectivity index (χ0) is 10.8. The molecule has 0 aliphatic carbocycles. The number of benzene rings is 1. The lowest BCUT2D eigenvalue weighted by atomic mass is 10.1. The molecular formula is C11H10BrClN2. The fourth-order valence-electron chi connectivity index (χ4n) is 1.46. The van der Waals surface area contributed by atoms with Gasteiger partial charge >= 0.3 is 0 Å². The van der Waals surface area contributed by atoms with Crippen LogP contribution in [0.2, 0.25) is 0 Å². The molecule has 0 fully saturated rings. The van der Waals surface area contributed by atoms with Gasteiger partial charge in [0, 0.05) is 21.9 Å². The molecule has 1 heterocycles. The fraction of sp³-hybridized carbons (Fsp3) is 0.182. The Kier molecular flexibility index (Phi) is 3.12. The van der Waals surface area contributed by atoms with Gasteiger partial charge in [0.25, 0.3) is 0 Å². The third-order valence-corrected chi connectivity index (χ3v) is 3.00. The van der Waals surface area contributed by atoms with Crippen LogP contribution in [0.5, 0.6) is 0 Å². The Morgan fingerprint density at radius 3 is 2.87 bits per heavy atom. The number of aromatic nitrogens is 2. The zero-order valence-electron chi connectivity index (χ0n) is 8.22. The highest BCUT2D eigenvalue weighted by molar-refractivity contribution is 9.10. The van der Waals surface area contributed by atoms with Gasteiger partial charge in [0.1, 0.15) is 5.82 Å². The van der Waals surface area contributed by atoms with Crippen molar-refractivity contribution in [1.29, 1.82) is 0 Å². The predicted molar refractivity (Wildman–Crippen MR) is 66.0 cm³/mol. The average Bonchev–Trinajstić information content (AvgIpc) is 2.66. The molecule has 0 radical (unpaired) electrons. The van der Waals surface area contributed by atoms with Crippen molar-refractivity contribution in [2.75, 3.05) is 0 Å². The molecule has 1 aromatic carbocycles. The maximum absolute atomic E-state index is 5.71. The summed E-state index contributed by atoms with van der Waals surface area (Å²) < 4.78 is 1.08. The Morgan fingerprint density at radius 2 is 2.27 bits per heavy atom. The molecule has 0 bridgehead atoms. The maximum Gasteiger partial charge on any atom is 0.137 e. The molecule has 1 N–H and O–H groups in total. The Morgan fingerprint density at radius 1 is 1.47 bits per heavy atom. The van der Waals surface area contributed by atoms with Gasteiger partial charge in [-0.2, -0.15) is 0 Å². The van der Waals surface area contributed by atoms with Crippen LogP contribution in [-0.2, 0) is 5.88 Å². The normalized spacial score (nSPS) is 10.6. The zero-order valence-corrected chi connectivity index (χ0v) is 10.6. The Labute approximate surface area is 102 Å². The lowest BCUT2D eigenvalue weighted by Gasteiger charge is -2.02. The van der Waals surface area contributed by atoms with Crippen LogP contribution in [0, 0.1) is 6.92 Å². The van der Waals surface area contributed by atoms with Gasteiger partial charge in [-0.15, -0.1) is 11.6 Å². The largest absolute Gasteiger partial charge is 0.341 e. The molecule has 2 rings (SSSR count). The van der Waals surface area contributed by atoms with E-state index in [-0.39, 0.29) is 0 Å². The van der Waals surface area contributed by atoms with E-state index in [1.54, 1.807) is 6.20 Å². The lowest BCUT2D eigenvalue weighted by molar-refractivity contribution is 1.22. The van der Waals surface area contributed by atoms with Gasteiger partial charge in [-0.25, -0.2) is 4.98 Å². The predicted octanol–water partition coefficient (Wildman–Crippen LogP) is 3.89. The monoisotopic (exact) mass is 284 g/mol. The first-order chi connectivity index (χ1) is 7.20. The lowest BCUT2D eigenvalue weighted by Crippen LogP contribution is -1.85. The number of aryl methyl sites for hydroxylation is 1. The second-order valence-corrected chi connectivity index (χ2v) is 4.53. The summed E-state index contributed by atoms with van der Waals surface area (Å²) in [5, 5.41) is 0. The van der Waals surface area contributed by atoms with Crippen molar-refractivity contribution in [3.05, 3.63) is 40.1 Å². The number of nitrogens with one attached hydrogen (secondary N) is 1. The summed E-state index contributed by atoms with van der Waals surface area (Å²) in [6.07, 6.45) is 1.77.